The van der Waals surface area contributed by atoms with Gasteiger partial charge in [0.25, 0.3) is 5.91 Å². The Morgan fingerprint density at radius 2 is 1.79 bits per heavy atom. The van der Waals surface area contributed by atoms with E-state index in [0.29, 0.717) is 11.4 Å². The van der Waals surface area contributed by atoms with E-state index >= 15 is 0 Å². The first-order chi connectivity index (χ1) is 19.0. The van der Waals surface area contributed by atoms with Crippen LogP contribution in [-0.4, -0.2) is 62.5 Å². The fourth-order valence-corrected chi connectivity index (χ4v) is 6.46. The molecular formula is C30H30BrClN4O2S. The van der Waals surface area contributed by atoms with Gasteiger partial charge in [-0.3, -0.25) is 19.4 Å². The fourth-order valence-electron chi connectivity index (χ4n) is 4.80. The molecule has 0 atom stereocenters. The quantitative estimate of drug-likeness (QED) is 0.249. The van der Waals surface area contributed by atoms with E-state index in [0.717, 1.165) is 70.5 Å². The maximum atomic E-state index is 13.4. The average Bonchev–Trinajstić information content (AvgIpc) is 2.94. The standard InChI is InChI=1S/C30H30BrClN4O2S/c31-23-7-3-6-22(18-23)19-28-30(38)36(26-10-1-2-11-27(26)39-28)21-29(37)33-12-5-13-34-14-16-35(17-15-34)25-9-4-8-24(32)20-25/h1-4,6-11,18-20H,5,12-17,21H2,(H,33,37)/b28-19+. The van der Waals surface area contributed by atoms with Crippen molar-refractivity contribution in [2.24, 2.45) is 0 Å². The molecule has 6 nitrogen and oxygen atoms in total. The SMILES string of the molecule is O=C(CN1C(=O)/C(=C\c2cccc(Br)c2)Sc2ccccc21)NCCCN1CCN(c2cccc(Cl)c2)CC1. The molecule has 1 N–H and O–H groups in total. The normalized spacial score (nSPS) is 16.9. The summed E-state index contributed by atoms with van der Waals surface area (Å²) >= 11 is 11.1. The molecule has 9 heteroatoms. The minimum Gasteiger partial charge on any atom is -0.369 e. The number of halogens is 2. The van der Waals surface area contributed by atoms with Crippen LogP contribution in [-0.2, 0) is 9.59 Å². The Morgan fingerprint density at radius 3 is 2.59 bits per heavy atom. The van der Waals surface area contributed by atoms with E-state index in [1.165, 1.54) is 11.8 Å². The molecule has 1 saturated heterocycles. The van der Waals surface area contributed by atoms with Crippen LogP contribution in [0, 0.1) is 0 Å². The van der Waals surface area contributed by atoms with Gasteiger partial charge in [-0.15, -0.1) is 0 Å². The second kappa shape index (κ2) is 13.0. The highest BCUT2D eigenvalue weighted by atomic mass is 79.9. The molecular weight excluding hydrogens is 596 g/mol. The number of hydrogen-bond acceptors (Lipinski definition) is 5. The van der Waals surface area contributed by atoms with E-state index in [1.807, 2.05) is 72.8 Å². The maximum Gasteiger partial charge on any atom is 0.265 e. The second-order valence-electron chi connectivity index (χ2n) is 9.54. The van der Waals surface area contributed by atoms with Crippen LogP contribution >= 0.6 is 39.3 Å². The Balaban J connectivity index is 1.12. The fraction of sp³-hybridized carbons (Fsp3) is 0.267. The van der Waals surface area contributed by atoms with E-state index in [2.05, 4.69) is 37.1 Å². The lowest BCUT2D eigenvalue weighted by Crippen LogP contribution is -2.47. The number of carbonyl (C=O) groups excluding carboxylic acids is 2. The number of anilines is 2. The third-order valence-electron chi connectivity index (χ3n) is 6.80. The number of rotatable bonds is 8. The van der Waals surface area contributed by atoms with Crippen molar-refractivity contribution in [1.29, 1.82) is 0 Å². The largest absolute Gasteiger partial charge is 0.369 e. The van der Waals surface area contributed by atoms with Gasteiger partial charge in [-0.05, 0) is 67.1 Å². The van der Waals surface area contributed by atoms with Crippen molar-refractivity contribution in [1.82, 2.24) is 10.2 Å². The molecule has 0 bridgehead atoms. The topological polar surface area (TPSA) is 55.9 Å². The summed E-state index contributed by atoms with van der Waals surface area (Å²) in [6.07, 6.45) is 2.74. The first-order valence-electron chi connectivity index (χ1n) is 13.0. The third-order valence-corrected chi connectivity index (χ3v) is 8.60. The number of para-hydroxylation sites is 1. The molecule has 5 rings (SSSR count). The summed E-state index contributed by atoms with van der Waals surface area (Å²) in [5.74, 6) is -0.316. The maximum absolute atomic E-state index is 13.4. The van der Waals surface area contributed by atoms with Crippen molar-refractivity contribution in [3.8, 4) is 0 Å². The molecule has 0 aromatic heterocycles. The number of nitrogens with one attached hydrogen (secondary N) is 1. The van der Waals surface area contributed by atoms with Gasteiger partial charge >= 0.3 is 0 Å². The summed E-state index contributed by atoms with van der Waals surface area (Å²) in [6, 6.07) is 23.5. The monoisotopic (exact) mass is 624 g/mol. The van der Waals surface area contributed by atoms with Gasteiger partial charge in [0.1, 0.15) is 6.54 Å². The molecule has 39 heavy (non-hydrogen) atoms. The van der Waals surface area contributed by atoms with Crippen molar-refractivity contribution >= 4 is 68.6 Å². The smallest absolute Gasteiger partial charge is 0.265 e. The molecule has 2 aliphatic heterocycles. The van der Waals surface area contributed by atoms with Gasteiger partial charge in [0.05, 0.1) is 10.6 Å². The van der Waals surface area contributed by atoms with Crippen LogP contribution in [0.3, 0.4) is 0 Å². The van der Waals surface area contributed by atoms with Crippen molar-refractivity contribution in [3.63, 3.8) is 0 Å². The van der Waals surface area contributed by atoms with Crippen molar-refractivity contribution in [2.45, 2.75) is 11.3 Å². The number of carbonyl (C=O) groups is 2. The van der Waals surface area contributed by atoms with E-state index in [9.17, 15) is 9.59 Å². The number of benzene rings is 3. The molecule has 3 aromatic carbocycles. The van der Waals surface area contributed by atoms with E-state index < -0.39 is 0 Å². The number of amides is 2. The lowest BCUT2D eigenvalue weighted by molar-refractivity contribution is -0.122. The molecule has 0 saturated carbocycles. The van der Waals surface area contributed by atoms with Crippen molar-refractivity contribution in [3.05, 3.63) is 92.8 Å². The van der Waals surface area contributed by atoms with E-state index in [1.54, 1.807) is 4.90 Å². The molecule has 1 fully saturated rings. The molecule has 2 amide bonds. The van der Waals surface area contributed by atoms with Crippen LogP contribution in [0.5, 0.6) is 0 Å². The van der Waals surface area contributed by atoms with Crippen LogP contribution < -0.4 is 15.1 Å². The Hall–Kier alpha value is -2.78. The first kappa shape index (κ1) is 27.8. The van der Waals surface area contributed by atoms with Crippen LogP contribution in [0.15, 0.2) is 87.1 Å². The lowest BCUT2D eigenvalue weighted by Gasteiger charge is -2.36. The van der Waals surface area contributed by atoms with Gasteiger partial charge in [-0.2, -0.15) is 0 Å². The van der Waals surface area contributed by atoms with Crippen molar-refractivity contribution < 1.29 is 9.59 Å². The summed E-state index contributed by atoms with van der Waals surface area (Å²) in [6.45, 7) is 5.35. The van der Waals surface area contributed by atoms with Crippen LogP contribution in [0.4, 0.5) is 11.4 Å². The molecule has 3 aromatic rings. The van der Waals surface area contributed by atoms with Gasteiger partial charge < -0.3 is 10.2 Å². The van der Waals surface area contributed by atoms with E-state index in [4.69, 9.17) is 11.6 Å². The minimum atomic E-state index is -0.161. The molecule has 202 valence electrons. The summed E-state index contributed by atoms with van der Waals surface area (Å²) < 4.78 is 0.949. The average molecular weight is 626 g/mol. The Bertz CT molecular complexity index is 1380. The minimum absolute atomic E-state index is 0.00938. The van der Waals surface area contributed by atoms with Gasteiger partial charge in [-0.25, -0.2) is 0 Å². The predicted octanol–water partition coefficient (Wildman–Crippen LogP) is 5.91. The van der Waals surface area contributed by atoms with Crippen molar-refractivity contribution in [2.75, 3.05) is 55.6 Å². The van der Waals surface area contributed by atoms with Gasteiger partial charge in [-0.1, -0.05) is 69.6 Å². The predicted molar refractivity (Wildman–Crippen MR) is 165 cm³/mol. The Labute approximate surface area is 247 Å². The summed E-state index contributed by atoms with van der Waals surface area (Å²) in [7, 11) is 0. The van der Waals surface area contributed by atoms with Gasteiger partial charge in [0.2, 0.25) is 5.91 Å². The zero-order chi connectivity index (χ0) is 27.2. The lowest BCUT2D eigenvalue weighted by atomic mass is 10.2. The zero-order valence-corrected chi connectivity index (χ0v) is 24.6. The molecule has 2 aliphatic rings. The zero-order valence-electron chi connectivity index (χ0n) is 21.5. The number of piperazine rings is 1. The molecule has 0 radical (unpaired) electrons. The highest BCUT2D eigenvalue weighted by Gasteiger charge is 2.30. The highest BCUT2D eigenvalue weighted by molar-refractivity contribution is 9.10. The molecule has 2 heterocycles. The van der Waals surface area contributed by atoms with Crippen LogP contribution in [0.1, 0.15) is 12.0 Å². The summed E-state index contributed by atoms with van der Waals surface area (Å²) in [4.78, 5) is 34.2. The van der Waals surface area contributed by atoms with Gasteiger partial charge in [0.15, 0.2) is 0 Å². The number of hydrogen-bond donors (Lipinski definition) is 1. The summed E-state index contributed by atoms with van der Waals surface area (Å²) in [5, 5.41) is 3.78. The molecule has 0 aliphatic carbocycles. The molecule has 0 unspecified atom stereocenters. The van der Waals surface area contributed by atoms with Gasteiger partial charge in [0, 0.05) is 52.8 Å². The highest BCUT2D eigenvalue weighted by Crippen LogP contribution is 2.42. The Kier molecular flexibility index (Phi) is 9.29. The third kappa shape index (κ3) is 7.25. The number of thioether (sulfide) groups is 1. The summed E-state index contributed by atoms with van der Waals surface area (Å²) in [5.41, 5.74) is 2.86. The van der Waals surface area contributed by atoms with Crippen LogP contribution in [0.25, 0.3) is 6.08 Å². The Morgan fingerprint density at radius 1 is 1.00 bits per heavy atom. The first-order valence-corrected chi connectivity index (χ1v) is 15.0. The van der Waals surface area contributed by atoms with E-state index in [-0.39, 0.29) is 18.4 Å². The second-order valence-corrected chi connectivity index (χ2v) is 12.0. The number of nitrogens with zero attached hydrogens (tertiary/aromatic N) is 3. The van der Waals surface area contributed by atoms with Crippen LogP contribution in [0.2, 0.25) is 5.02 Å². The molecule has 0 spiro atoms. The number of fused-ring (bicyclic) bond motifs is 1.